The number of thioether (sulfide) groups is 1. The van der Waals surface area contributed by atoms with Crippen LogP contribution in [0.4, 0.5) is 0 Å². The summed E-state index contributed by atoms with van der Waals surface area (Å²) >= 11 is 1.60. The molecule has 0 heterocycles. The number of nitriles is 1. The van der Waals surface area contributed by atoms with Crippen LogP contribution in [0.1, 0.15) is 36.8 Å². The Morgan fingerprint density at radius 1 is 1.40 bits per heavy atom. The number of aryl methyl sites for hydroxylation is 1. The third-order valence-corrected chi connectivity index (χ3v) is 4.78. The summed E-state index contributed by atoms with van der Waals surface area (Å²) < 4.78 is 0. The van der Waals surface area contributed by atoms with Crippen LogP contribution in [0.5, 0.6) is 0 Å². The van der Waals surface area contributed by atoms with Gasteiger partial charge in [0, 0.05) is 5.75 Å². The van der Waals surface area contributed by atoms with Crippen LogP contribution in [0.2, 0.25) is 0 Å². The van der Waals surface area contributed by atoms with Crippen molar-refractivity contribution >= 4 is 17.7 Å². The van der Waals surface area contributed by atoms with Crippen LogP contribution >= 0.6 is 11.8 Å². The lowest BCUT2D eigenvalue weighted by Crippen LogP contribution is -2.45. The van der Waals surface area contributed by atoms with E-state index in [-0.39, 0.29) is 5.91 Å². The molecule has 1 N–H and O–H groups in total. The lowest BCUT2D eigenvalue weighted by atomic mass is 10.0. The molecule has 0 bridgehead atoms. The molecule has 106 valence electrons. The van der Waals surface area contributed by atoms with Gasteiger partial charge in [0.1, 0.15) is 5.54 Å². The summed E-state index contributed by atoms with van der Waals surface area (Å²) in [5, 5.41) is 12.2. The number of carbonyl (C=O) groups excluding carboxylic acids is 1. The van der Waals surface area contributed by atoms with Gasteiger partial charge < -0.3 is 5.32 Å². The average molecular weight is 288 g/mol. The highest BCUT2D eigenvalue weighted by molar-refractivity contribution is 7.99. The van der Waals surface area contributed by atoms with Crippen LogP contribution < -0.4 is 5.32 Å². The number of nitrogens with one attached hydrogen (secondary N) is 1. The molecule has 1 aliphatic rings. The number of hydrogen-bond acceptors (Lipinski definition) is 3. The van der Waals surface area contributed by atoms with Gasteiger partial charge in [-0.3, -0.25) is 4.79 Å². The van der Waals surface area contributed by atoms with Crippen LogP contribution in [0.15, 0.2) is 24.3 Å². The standard InChI is InChI=1S/C16H20N2OS/c1-13-6-2-3-7-14(13)10-20-11-15(19)18-16(12-17)8-4-5-9-16/h2-3,6-7H,4-5,8-11H2,1H3,(H,18,19). The van der Waals surface area contributed by atoms with E-state index in [9.17, 15) is 10.1 Å². The zero-order chi connectivity index (χ0) is 14.4. The number of hydrogen-bond donors (Lipinski definition) is 1. The highest BCUT2D eigenvalue weighted by Gasteiger charge is 2.35. The van der Waals surface area contributed by atoms with Crippen LogP contribution in [-0.4, -0.2) is 17.2 Å². The third-order valence-electron chi connectivity index (χ3n) is 3.80. The maximum atomic E-state index is 12.0. The van der Waals surface area contributed by atoms with E-state index in [1.54, 1.807) is 11.8 Å². The number of rotatable bonds is 5. The molecule has 1 aromatic carbocycles. The number of amides is 1. The first-order valence-corrected chi connectivity index (χ1v) is 8.15. The molecule has 1 aliphatic carbocycles. The Morgan fingerprint density at radius 3 is 2.75 bits per heavy atom. The molecular formula is C16H20N2OS. The smallest absolute Gasteiger partial charge is 0.231 e. The fourth-order valence-electron chi connectivity index (χ4n) is 2.57. The van der Waals surface area contributed by atoms with Crippen LogP contribution in [-0.2, 0) is 10.5 Å². The maximum Gasteiger partial charge on any atom is 0.231 e. The van der Waals surface area contributed by atoms with Gasteiger partial charge in [0.15, 0.2) is 0 Å². The van der Waals surface area contributed by atoms with E-state index in [4.69, 9.17) is 0 Å². The van der Waals surface area contributed by atoms with E-state index in [0.717, 1.165) is 31.4 Å². The van der Waals surface area contributed by atoms with Crippen molar-refractivity contribution in [2.45, 2.75) is 43.9 Å². The molecule has 1 fully saturated rings. The Labute approximate surface area is 124 Å². The second-order valence-corrected chi connectivity index (χ2v) is 6.35. The molecule has 0 spiro atoms. The summed E-state index contributed by atoms with van der Waals surface area (Å²) in [5.41, 5.74) is 1.92. The molecule has 4 heteroatoms. The first kappa shape index (κ1) is 14.9. The van der Waals surface area contributed by atoms with E-state index >= 15 is 0 Å². The van der Waals surface area contributed by atoms with Gasteiger partial charge in [0.2, 0.25) is 5.91 Å². The lowest BCUT2D eigenvalue weighted by molar-refractivity contribution is -0.119. The summed E-state index contributed by atoms with van der Waals surface area (Å²) in [6, 6.07) is 10.5. The van der Waals surface area contributed by atoms with Gasteiger partial charge in [-0.25, -0.2) is 0 Å². The van der Waals surface area contributed by atoms with Crippen molar-refractivity contribution in [1.29, 1.82) is 5.26 Å². The molecule has 0 saturated heterocycles. The maximum absolute atomic E-state index is 12.0. The Morgan fingerprint density at radius 2 is 2.10 bits per heavy atom. The zero-order valence-corrected chi connectivity index (χ0v) is 12.6. The number of benzene rings is 1. The van der Waals surface area contributed by atoms with Gasteiger partial charge in [0.05, 0.1) is 11.8 Å². The van der Waals surface area contributed by atoms with Gasteiger partial charge in [-0.2, -0.15) is 5.26 Å². The van der Waals surface area contributed by atoms with Crippen molar-refractivity contribution in [3.05, 3.63) is 35.4 Å². The molecule has 20 heavy (non-hydrogen) atoms. The molecule has 3 nitrogen and oxygen atoms in total. The average Bonchev–Trinajstić information content (AvgIpc) is 2.90. The van der Waals surface area contributed by atoms with Gasteiger partial charge in [-0.15, -0.1) is 11.8 Å². The Bertz CT molecular complexity index is 515. The Hall–Kier alpha value is -1.47. The minimum absolute atomic E-state index is 0.0213. The second-order valence-electron chi connectivity index (χ2n) is 5.37. The molecule has 2 rings (SSSR count). The SMILES string of the molecule is Cc1ccccc1CSCC(=O)NC1(C#N)CCCC1. The number of carbonyl (C=O) groups is 1. The highest BCUT2D eigenvalue weighted by Crippen LogP contribution is 2.29. The predicted molar refractivity (Wildman–Crippen MR) is 82.3 cm³/mol. The van der Waals surface area contributed by atoms with E-state index in [0.29, 0.717) is 5.75 Å². The monoisotopic (exact) mass is 288 g/mol. The molecule has 0 radical (unpaired) electrons. The normalized spacial score (nSPS) is 16.6. The molecule has 1 aromatic rings. The summed E-state index contributed by atoms with van der Waals surface area (Å²) in [7, 11) is 0. The summed E-state index contributed by atoms with van der Waals surface area (Å²) in [4.78, 5) is 12.0. The van der Waals surface area contributed by atoms with Crippen LogP contribution in [0.25, 0.3) is 0 Å². The highest BCUT2D eigenvalue weighted by atomic mass is 32.2. The minimum atomic E-state index is -0.597. The molecule has 1 amide bonds. The largest absolute Gasteiger partial charge is 0.337 e. The predicted octanol–water partition coefficient (Wildman–Crippen LogP) is 3.18. The Balaban J connectivity index is 1.79. The van der Waals surface area contributed by atoms with Crippen molar-refractivity contribution in [2.75, 3.05) is 5.75 Å². The van der Waals surface area contributed by atoms with Crippen molar-refractivity contribution < 1.29 is 4.79 Å². The topological polar surface area (TPSA) is 52.9 Å². The summed E-state index contributed by atoms with van der Waals surface area (Å²) in [5.74, 6) is 1.23. The fourth-order valence-corrected chi connectivity index (χ4v) is 3.48. The second kappa shape index (κ2) is 6.81. The molecule has 0 unspecified atom stereocenters. The summed E-state index contributed by atoms with van der Waals surface area (Å²) in [6.07, 6.45) is 3.64. The molecule has 0 aliphatic heterocycles. The van der Waals surface area contributed by atoms with E-state index < -0.39 is 5.54 Å². The van der Waals surface area contributed by atoms with E-state index in [2.05, 4.69) is 30.4 Å². The third kappa shape index (κ3) is 3.77. The molecular weight excluding hydrogens is 268 g/mol. The van der Waals surface area contributed by atoms with Crippen LogP contribution in [0, 0.1) is 18.3 Å². The van der Waals surface area contributed by atoms with Crippen molar-refractivity contribution in [3.8, 4) is 6.07 Å². The molecule has 1 saturated carbocycles. The van der Waals surface area contributed by atoms with Gasteiger partial charge >= 0.3 is 0 Å². The van der Waals surface area contributed by atoms with Gasteiger partial charge in [0.25, 0.3) is 0 Å². The first-order valence-electron chi connectivity index (χ1n) is 7.00. The molecule has 0 aromatic heterocycles. The quantitative estimate of drug-likeness (QED) is 0.905. The zero-order valence-electron chi connectivity index (χ0n) is 11.8. The van der Waals surface area contributed by atoms with E-state index in [1.807, 2.05) is 12.1 Å². The van der Waals surface area contributed by atoms with Gasteiger partial charge in [-0.1, -0.05) is 24.3 Å². The van der Waals surface area contributed by atoms with Crippen molar-refractivity contribution in [2.24, 2.45) is 0 Å². The van der Waals surface area contributed by atoms with E-state index in [1.165, 1.54) is 11.1 Å². The van der Waals surface area contributed by atoms with Gasteiger partial charge in [-0.05, 0) is 43.7 Å². The number of nitrogens with zero attached hydrogens (tertiary/aromatic N) is 1. The molecule has 0 atom stereocenters. The van der Waals surface area contributed by atoms with Crippen LogP contribution in [0.3, 0.4) is 0 Å². The Kier molecular flexibility index (Phi) is 5.08. The summed E-state index contributed by atoms with van der Waals surface area (Å²) in [6.45, 7) is 2.08. The fraction of sp³-hybridized carbons (Fsp3) is 0.500. The first-order chi connectivity index (χ1) is 9.65. The van der Waals surface area contributed by atoms with Crippen molar-refractivity contribution in [1.82, 2.24) is 5.32 Å². The minimum Gasteiger partial charge on any atom is -0.337 e. The lowest BCUT2D eigenvalue weighted by Gasteiger charge is -2.21. The van der Waals surface area contributed by atoms with Crippen molar-refractivity contribution in [3.63, 3.8) is 0 Å².